The minimum Gasteiger partial charge on any atom is -0.354 e. The molecule has 1 aliphatic rings. The average Bonchev–Trinajstić information content (AvgIpc) is 3.03. The summed E-state index contributed by atoms with van der Waals surface area (Å²) in [4.78, 5) is 26.1. The Morgan fingerprint density at radius 1 is 0.900 bits per heavy atom. The van der Waals surface area contributed by atoms with Crippen molar-refractivity contribution in [3.8, 4) is 11.4 Å². The Morgan fingerprint density at radius 3 is 2.30 bits per heavy atom. The van der Waals surface area contributed by atoms with Crippen molar-refractivity contribution in [3.05, 3.63) is 77.5 Å². The Bertz CT molecular complexity index is 1000. The smallest absolute Gasteiger partial charge is 0.219 e. The summed E-state index contributed by atoms with van der Waals surface area (Å²) in [5.74, 6) is 1.90. The lowest BCUT2D eigenvalue weighted by Gasteiger charge is -2.26. The van der Waals surface area contributed by atoms with Gasteiger partial charge in [-0.3, -0.25) is 4.79 Å². The Labute approximate surface area is 178 Å². The van der Waals surface area contributed by atoms with Crippen LogP contribution in [-0.2, 0) is 11.2 Å². The first-order valence-electron chi connectivity index (χ1n) is 10.6. The zero-order valence-corrected chi connectivity index (χ0v) is 17.7. The number of amides is 1. The topological polar surface area (TPSA) is 49.3 Å². The first-order chi connectivity index (χ1) is 14.6. The minimum atomic E-state index is 0.144. The second-order valence-electron chi connectivity index (χ2n) is 7.81. The molecule has 0 spiro atoms. The third-order valence-corrected chi connectivity index (χ3v) is 5.69. The van der Waals surface area contributed by atoms with Crippen LogP contribution in [0.15, 0.2) is 60.7 Å². The maximum Gasteiger partial charge on any atom is 0.219 e. The largest absolute Gasteiger partial charge is 0.354 e. The van der Waals surface area contributed by atoms with Crippen LogP contribution in [0.1, 0.15) is 30.2 Å². The van der Waals surface area contributed by atoms with Gasteiger partial charge < -0.3 is 9.80 Å². The van der Waals surface area contributed by atoms with E-state index in [4.69, 9.17) is 9.97 Å². The minimum absolute atomic E-state index is 0.144. The molecule has 0 N–H and O–H groups in total. The molecule has 3 aromatic rings. The molecule has 0 aliphatic carbocycles. The summed E-state index contributed by atoms with van der Waals surface area (Å²) in [6.45, 7) is 6.93. The van der Waals surface area contributed by atoms with E-state index in [0.29, 0.717) is 0 Å². The van der Waals surface area contributed by atoms with Crippen LogP contribution >= 0.6 is 0 Å². The van der Waals surface area contributed by atoms with Gasteiger partial charge in [0, 0.05) is 56.3 Å². The van der Waals surface area contributed by atoms with Crippen molar-refractivity contribution in [2.45, 2.75) is 26.7 Å². The summed E-state index contributed by atoms with van der Waals surface area (Å²) < 4.78 is 0. The molecule has 0 atom stereocenters. The molecule has 0 bridgehead atoms. The van der Waals surface area contributed by atoms with Crippen LogP contribution in [0, 0.1) is 6.92 Å². The first-order valence-corrected chi connectivity index (χ1v) is 10.6. The van der Waals surface area contributed by atoms with Crippen LogP contribution < -0.4 is 4.90 Å². The molecule has 2 aromatic carbocycles. The van der Waals surface area contributed by atoms with Crippen LogP contribution in [0.2, 0.25) is 0 Å². The summed E-state index contributed by atoms with van der Waals surface area (Å²) >= 11 is 0. The van der Waals surface area contributed by atoms with Crippen molar-refractivity contribution in [1.29, 1.82) is 0 Å². The highest BCUT2D eigenvalue weighted by molar-refractivity contribution is 5.73. The van der Waals surface area contributed by atoms with Gasteiger partial charge in [-0.25, -0.2) is 9.97 Å². The molecule has 5 heteroatoms. The number of carbonyl (C=O) groups excluding carboxylic acids is 1. The molecule has 0 radical (unpaired) electrons. The zero-order chi connectivity index (χ0) is 20.9. The molecule has 1 amide bonds. The molecule has 30 heavy (non-hydrogen) atoms. The Balaban J connectivity index is 1.74. The van der Waals surface area contributed by atoms with Crippen molar-refractivity contribution in [3.63, 3.8) is 0 Å². The summed E-state index contributed by atoms with van der Waals surface area (Å²) in [7, 11) is 0. The van der Waals surface area contributed by atoms with E-state index in [1.54, 1.807) is 6.92 Å². The maximum absolute atomic E-state index is 11.9. The van der Waals surface area contributed by atoms with E-state index in [1.807, 2.05) is 29.2 Å². The number of hydrogen-bond donors (Lipinski definition) is 0. The normalized spacial score (nSPS) is 14.5. The molecule has 4 rings (SSSR count). The molecular formula is C25H28N4O. The fraction of sp³-hybridized carbons (Fsp3) is 0.320. The highest BCUT2D eigenvalue weighted by Gasteiger charge is 2.22. The van der Waals surface area contributed by atoms with Gasteiger partial charge in [-0.1, -0.05) is 60.7 Å². The lowest BCUT2D eigenvalue weighted by molar-refractivity contribution is -0.128. The zero-order valence-electron chi connectivity index (χ0n) is 17.7. The van der Waals surface area contributed by atoms with Crippen LogP contribution in [0.5, 0.6) is 0 Å². The average molecular weight is 401 g/mol. The van der Waals surface area contributed by atoms with Gasteiger partial charge in [0.2, 0.25) is 5.91 Å². The number of hydrogen-bond acceptors (Lipinski definition) is 4. The monoisotopic (exact) mass is 400 g/mol. The van der Waals surface area contributed by atoms with E-state index in [-0.39, 0.29) is 5.91 Å². The van der Waals surface area contributed by atoms with E-state index in [1.165, 1.54) is 5.56 Å². The van der Waals surface area contributed by atoms with Crippen molar-refractivity contribution < 1.29 is 4.79 Å². The van der Waals surface area contributed by atoms with Crippen LogP contribution in [0.3, 0.4) is 0 Å². The fourth-order valence-electron chi connectivity index (χ4n) is 4.01. The van der Waals surface area contributed by atoms with E-state index in [9.17, 15) is 4.79 Å². The SMILES string of the molecule is CC(=O)N1CCCN(c2nc(-c3ccccc3)nc(C)c2Cc2ccccc2)CC1. The maximum atomic E-state index is 11.9. The van der Waals surface area contributed by atoms with Gasteiger partial charge in [0.1, 0.15) is 5.82 Å². The third-order valence-electron chi connectivity index (χ3n) is 5.69. The lowest BCUT2D eigenvalue weighted by Crippen LogP contribution is -2.34. The van der Waals surface area contributed by atoms with Gasteiger partial charge in [-0.15, -0.1) is 0 Å². The van der Waals surface area contributed by atoms with Crippen molar-refractivity contribution in [1.82, 2.24) is 14.9 Å². The van der Waals surface area contributed by atoms with Gasteiger partial charge in [0.25, 0.3) is 0 Å². The van der Waals surface area contributed by atoms with E-state index in [2.05, 4.69) is 48.2 Å². The number of carbonyl (C=O) groups is 1. The predicted molar refractivity (Wildman–Crippen MR) is 121 cm³/mol. The van der Waals surface area contributed by atoms with Gasteiger partial charge in [0.05, 0.1) is 0 Å². The van der Waals surface area contributed by atoms with Gasteiger partial charge in [-0.2, -0.15) is 0 Å². The molecule has 154 valence electrons. The van der Waals surface area contributed by atoms with Crippen molar-refractivity contribution in [2.75, 3.05) is 31.1 Å². The van der Waals surface area contributed by atoms with Crippen LogP contribution in [0.25, 0.3) is 11.4 Å². The lowest BCUT2D eigenvalue weighted by atomic mass is 10.0. The summed E-state index contributed by atoms with van der Waals surface area (Å²) in [6, 6.07) is 20.6. The van der Waals surface area contributed by atoms with Gasteiger partial charge in [-0.05, 0) is 18.9 Å². The van der Waals surface area contributed by atoms with E-state index < -0.39 is 0 Å². The van der Waals surface area contributed by atoms with Crippen LogP contribution in [0.4, 0.5) is 5.82 Å². The van der Waals surface area contributed by atoms with Crippen molar-refractivity contribution >= 4 is 11.7 Å². The summed E-state index contributed by atoms with van der Waals surface area (Å²) in [6.07, 6.45) is 1.73. The molecule has 5 nitrogen and oxygen atoms in total. The predicted octanol–water partition coefficient (Wildman–Crippen LogP) is 4.10. The Kier molecular flexibility index (Phi) is 6.07. The van der Waals surface area contributed by atoms with Gasteiger partial charge >= 0.3 is 0 Å². The molecule has 0 saturated carbocycles. The number of rotatable bonds is 4. The second-order valence-corrected chi connectivity index (χ2v) is 7.81. The summed E-state index contributed by atoms with van der Waals surface area (Å²) in [5, 5.41) is 0. The quantitative estimate of drug-likeness (QED) is 0.662. The van der Waals surface area contributed by atoms with Gasteiger partial charge in [0.15, 0.2) is 5.82 Å². The number of aromatic nitrogens is 2. The third kappa shape index (κ3) is 4.51. The molecule has 1 saturated heterocycles. The van der Waals surface area contributed by atoms with Crippen molar-refractivity contribution in [2.24, 2.45) is 0 Å². The number of anilines is 1. The standard InChI is InChI=1S/C25H28N4O/c1-19-23(18-21-10-5-3-6-11-21)25(27-24(26-19)22-12-7-4-8-13-22)29-15-9-14-28(16-17-29)20(2)30/h3-8,10-13H,9,14-18H2,1-2H3. The molecule has 1 aromatic heterocycles. The Morgan fingerprint density at radius 2 is 1.60 bits per heavy atom. The molecular weight excluding hydrogens is 372 g/mol. The second kappa shape index (κ2) is 9.08. The molecule has 1 aliphatic heterocycles. The first kappa shape index (κ1) is 20.1. The number of benzene rings is 2. The highest BCUT2D eigenvalue weighted by Crippen LogP contribution is 2.28. The van der Waals surface area contributed by atoms with E-state index in [0.717, 1.165) is 67.5 Å². The number of aryl methyl sites for hydroxylation is 1. The highest BCUT2D eigenvalue weighted by atomic mass is 16.2. The number of nitrogens with zero attached hydrogens (tertiary/aromatic N) is 4. The summed E-state index contributed by atoms with van der Waals surface area (Å²) in [5.41, 5.74) is 4.44. The molecule has 2 heterocycles. The molecule has 0 unspecified atom stereocenters. The Hall–Kier alpha value is -3.21. The fourth-order valence-corrected chi connectivity index (χ4v) is 4.01. The van der Waals surface area contributed by atoms with E-state index >= 15 is 0 Å². The molecule has 1 fully saturated rings. The van der Waals surface area contributed by atoms with Crippen LogP contribution in [-0.4, -0.2) is 47.0 Å².